The first-order chi connectivity index (χ1) is 15.6. The highest BCUT2D eigenvalue weighted by molar-refractivity contribution is 6.07. The number of hydrogen-bond donors (Lipinski definition) is 1. The molecule has 1 aliphatic rings. The van der Waals surface area contributed by atoms with Crippen LogP contribution in [0.1, 0.15) is 28.8 Å². The maximum Gasteiger partial charge on any atom is 0.254 e. The molecular formula is C26H28N2O4. The van der Waals surface area contributed by atoms with Gasteiger partial charge in [-0.2, -0.15) is 0 Å². The molecule has 0 radical (unpaired) electrons. The van der Waals surface area contributed by atoms with Gasteiger partial charge in [0.1, 0.15) is 0 Å². The summed E-state index contributed by atoms with van der Waals surface area (Å²) in [7, 11) is 3.18. The Morgan fingerprint density at radius 1 is 0.938 bits per heavy atom. The van der Waals surface area contributed by atoms with E-state index in [9.17, 15) is 9.59 Å². The molecule has 1 aliphatic heterocycles. The number of nitrogens with zero attached hydrogens (tertiary/aromatic N) is 1. The number of piperidine rings is 1. The predicted octanol–water partition coefficient (Wildman–Crippen LogP) is 4.03. The second-order valence-corrected chi connectivity index (χ2v) is 8.00. The highest BCUT2D eigenvalue weighted by Crippen LogP contribution is 2.28. The lowest BCUT2D eigenvalue weighted by atomic mass is 9.94. The van der Waals surface area contributed by atoms with Crippen molar-refractivity contribution in [2.24, 2.45) is 5.92 Å². The molecule has 0 unspecified atom stereocenters. The van der Waals surface area contributed by atoms with Crippen LogP contribution in [0.2, 0.25) is 0 Å². The van der Waals surface area contributed by atoms with Crippen LogP contribution in [0, 0.1) is 5.92 Å². The highest BCUT2D eigenvalue weighted by atomic mass is 16.5. The molecule has 3 aromatic carbocycles. The minimum absolute atomic E-state index is 0.0250. The monoisotopic (exact) mass is 432 g/mol. The van der Waals surface area contributed by atoms with Gasteiger partial charge in [0, 0.05) is 31.1 Å². The van der Waals surface area contributed by atoms with Gasteiger partial charge in [-0.3, -0.25) is 9.59 Å². The smallest absolute Gasteiger partial charge is 0.254 e. The van der Waals surface area contributed by atoms with E-state index in [1.165, 1.54) is 0 Å². The van der Waals surface area contributed by atoms with E-state index in [1.54, 1.807) is 14.2 Å². The summed E-state index contributed by atoms with van der Waals surface area (Å²) in [5.74, 6) is 1.26. The quantitative estimate of drug-likeness (QED) is 0.639. The van der Waals surface area contributed by atoms with E-state index < -0.39 is 0 Å². The maximum absolute atomic E-state index is 13.1. The third-order valence-corrected chi connectivity index (χ3v) is 6.09. The molecule has 1 heterocycles. The van der Waals surface area contributed by atoms with Crippen LogP contribution in [0.25, 0.3) is 10.8 Å². The largest absolute Gasteiger partial charge is 0.493 e. The summed E-state index contributed by atoms with van der Waals surface area (Å²) < 4.78 is 10.6. The van der Waals surface area contributed by atoms with Gasteiger partial charge in [0.2, 0.25) is 5.91 Å². The van der Waals surface area contributed by atoms with Crippen molar-refractivity contribution in [3.63, 3.8) is 0 Å². The number of fused-ring (bicyclic) bond motifs is 1. The summed E-state index contributed by atoms with van der Waals surface area (Å²) in [6.07, 6.45) is 1.32. The van der Waals surface area contributed by atoms with Crippen LogP contribution in [-0.2, 0) is 11.3 Å². The molecule has 4 rings (SSSR count). The van der Waals surface area contributed by atoms with Crippen molar-refractivity contribution in [3.05, 3.63) is 71.8 Å². The molecule has 0 bridgehead atoms. The van der Waals surface area contributed by atoms with E-state index in [0.29, 0.717) is 44.0 Å². The summed E-state index contributed by atoms with van der Waals surface area (Å²) in [6, 6.07) is 19.3. The summed E-state index contributed by atoms with van der Waals surface area (Å²) in [4.78, 5) is 27.7. The zero-order valence-corrected chi connectivity index (χ0v) is 18.5. The van der Waals surface area contributed by atoms with Crippen LogP contribution >= 0.6 is 0 Å². The van der Waals surface area contributed by atoms with Crippen molar-refractivity contribution in [3.8, 4) is 11.5 Å². The van der Waals surface area contributed by atoms with Gasteiger partial charge < -0.3 is 19.7 Å². The van der Waals surface area contributed by atoms with Crippen molar-refractivity contribution < 1.29 is 19.1 Å². The van der Waals surface area contributed by atoms with E-state index in [-0.39, 0.29) is 17.7 Å². The minimum atomic E-state index is -0.0910. The van der Waals surface area contributed by atoms with Gasteiger partial charge in [-0.25, -0.2) is 0 Å². The van der Waals surface area contributed by atoms with Crippen LogP contribution in [0.15, 0.2) is 60.7 Å². The second kappa shape index (κ2) is 9.73. The average Bonchev–Trinajstić information content (AvgIpc) is 2.86. The molecule has 0 aliphatic carbocycles. The Morgan fingerprint density at radius 3 is 2.41 bits per heavy atom. The lowest BCUT2D eigenvalue weighted by Gasteiger charge is -2.31. The van der Waals surface area contributed by atoms with Gasteiger partial charge >= 0.3 is 0 Å². The first kappa shape index (κ1) is 21.7. The number of ether oxygens (including phenoxy) is 2. The van der Waals surface area contributed by atoms with E-state index >= 15 is 0 Å². The molecule has 6 heteroatoms. The van der Waals surface area contributed by atoms with E-state index in [2.05, 4.69) is 5.32 Å². The molecular weight excluding hydrogens is 404 g/mol. The zero-order valence-electron chi connectivity index (χ0n) is 18.5. The zero-order chi connectivity index (χ0) is 22.5. The summed E-state index contributed by atoms with van der Waals surface area (Å²) in [5.41, 5.74) is 1.67. The number of amides is 2. The standard InChI is InChI=1S/C26H28N2O4/c1-31-23-11-10-18(16-24(23)32-2)17-27-25(29)20-12-14-28(15-13-20)26(30)22-9-5-7-19-6-3-4-8-21(19)22/h3-11,16,20H,12-15,17H2,1-2H3,(H,27,29). The number of nitrogens with one attached hydrogen (secondary N) is 1. The van der Waals surface area contributed by atoms with Crippen molar-refractivity contribution in [1.29, 1.82) is 0 Å². The Hall–Kier alpha value is -3.54. The molecule has 1 saturated heterocycles. The first-order valence-electron chi connectivity index (χ1n) is 10.9. The molecule has 1 N–H and O–H groups in total. The summed E-state index contributed by atoms with van der Waals surface area (Å²) in [6.45, 7) is 1.58. The molecule has 2 amide bonds. The molecule has 0 saturated carbocycles. The normalized spacial score (nSPS) is 14.2. The topological polar surface area (TPSA) is 67.9 Å². The molecule has 0 spiro atoms. The van der Waals surface area contributed by atoms with Gasteiger partial charge in [-0.1, -0.05) is 42.5 Å². The van der Waals surface area contributed by atoms with Crippen LogP contribution in [0.5, 0.6) is 11.5 Å². The third kappa shape index (κ3) is 4.54. The Morgan fingerprint density at radius 2 is 1.66 bits per heavy atom. The number of carbonyl (C=O) groups is 2. The fourth-order valence-corrected chi connectivity index (χ4v) is 4.25. The number of rotatable bonds is 6. The van der Waals surface area contributed by atoms with Crippen molar-refractivity contribution >= 4 is 22.6 Å². The summed E-state index contributed by atoms with van der Waals surface area (Å²) >= 11 is 0. The maximum atomic E-state index is 13.1. The number of likely N-dealkylation sites (tertiary alicyclic amines) is 1. The number of benzene rings is 3. The molecule has 166 valence electrons. The van der Waals surface area contributed by atoms with Gasteiger partial charge in [0.25, 0.3) is 5.91 Å². The Bertz CT molecular complexity index is 1110. The molecule has 1 fully saturated rings. The van der Waals surface area contributed by atoms with Crippen LogP contribution in [-0.4, -0.2) is 44.0 Å². The Kier molecular flexibility index (Phi) is 6.59. The van der Waals surface area contributed by atoms with Crippen molar-refractivity contribution in [2.45, 2.75) is 19.4 Å². The van der Waals surface area contributed by atoms with Crippen LogP contribution < -0.4 is 14.8 Å². The first-order valence-corrected chi connectivity index (χ1v) is 10.9. The Balaban J connectivity index is 1.33. The fraction of sp³-hybridized carbons (Fsp3) is 0.308. The van der Waals surface area contributed by atoms with Crippen molar-refractivity contribution in [1.82, 2.24) is 10.2 Å². The molecule has 3 aromatic rings. The predicted molar refractivity (Wildman–Crippen MR) is 124 cm³/mol. The second-order valence-electron chi connectivity index (χ2n) is 8.00. The van der Waals surface area contributed by atoms with Gasteiger partial charge in [-0.05, 0) is 47.4 Å². The van der Waals surface area contributed by atoms with E-state index in [1.807, 2.05) is 65.6 Å². The fourth-order valence-electron chi connectivity index (χ4n) is 4.25. The van der Waals surface area contributed by atoms with Crippen LogP contribution in [0.4, 0.5) is 0 Å². The third-order valence-electron chi connectivity index (χ3n) is 6.09. The minimum Gasteiger partial charge on any atom is -0.493 e. The summed E-state index contributed by atoms with van der Waals surface area (Å²) in [5, 5.41) is 5.04. The van der Waals surface area contributed by atoms with Gasteiger partial charge in [0.05, 0.1) is 14.2 Å². The molecule has 32 heavy (non-hydrogen) atoms. The lowest BCUT2D eigenvalue weighted by molar-refractivity contribution is -0.126. The highest BCUT2D eigenvalue weighted by Gasteiger charge is 2.28. The average molecular weight is 433 g/mol. The molecule has 6 nitrogen and oxygen atoms in total. The van der Waals surface area contributed by atoms with Crippen molar-refractivity contribution in [2.75, 3.05) is 27.3 Å². The molecule has 0 aromatic heterocycles. The van der Waals surface area contributed by atoms with E-state index in [0.717, 1.165) is 21.9 Å². The Labute approximate surface area is 188 Å². The number of carbonyl (C=O) groups excluding carboxylic acids is 2. The molecule has 0 atom stereocenters. The number of methoxy groups -OCH3 is 2. The van der Waals surface area contributed by atoms with E-state index in [4.69, 9.17) is 9.47 Å². The van der Waals surface area contributed by atoms with Crippen LogP contribution in [0.3, 0.4) is 0 Å². The van der Waals surface area contributed by atoms with Gasteiger partial charge in [0.15, 0.2) is 11.5 Å². The lowest BCUT2D eigenvalue weighted by Crippen LogP contribution is -2.43. The van der Waals surface area contributed by atoms with Gasteiger partial charge in [-0.15, -0.1) is 0 Å². The number of hydrogen-bond acceptors (Lipinski definition) is 4. The SMILES string of the molecule is COc1ccc(CNC(=O)C2CCN(C(=O)c3cccc4ccccc34)CC2)cc1OC.